The van der Waals surface area contributed by atoms with Crippen LogP contribution in [0.5, 0.6) is 0 Å². The Kier molecular flexibility index (Phi) is 6.71. The third-order valence-corrected chi connectivity index (χ3v) is 5.90. The summed E-state index contributed by atoms with van der Waals surface area (Å²) in [5, 5.41) is 11.0. The van der Waals surface area contributed by atoms with E-state index in [9.17, 15) is 18.0 Å². The fraction of sp³-hybridized carbons (Fsp3) is 0.737. The zero-order valence-corrected chi connectivity index (χ0v) is 16.8. The molecule has 11 heteroatoms. The molecule has 0 aliphatic carbocycles. The van der Waals surface area contributed by atoms with Gasteiger partial charge >= 0.3 is 12.1 Å². The van der Waals surface area contributed by atoms with E-state index in [2.05, 4.69) is 10.1 Å². The third-order valence-electron chi connectivity index (χ3n) is 5.90. The Bertz CT molecular complexity index is 763. The minimum Gasteiger partial charge on any atom is -0.475 e. The first-order chi connectivity index (χ1) is 14.1. The molecule has 0 radical (unpaired) electrons. The van der Waals surface area contributed by atoms with Gasteiger partial charge in [0, 0.05) is 44.4 Å². The molecule has 168 valence electrons. The lowest BCUT2D eigenvalue weighted by atomic mass is 9.77. The predicted octanol–water partition coefficient (Wildman–Crippen LogP) is 2.48. The van der Waals surface area contributed by atoms with Crippen molar-refractivity contribution in [1.82, 2.24) is 15.0 Å². The molecule has 2 atom stereocenters. The number of rotatable bonds is 3. The lowest BCUT2D eigenvalue weighted by Gasteiger charge is -2.57. The number of hydrogen-bond acceptors (Lipinski definition) is 6. The summed E-state index contributed by atoms with van der Waals surface area (Å²) in [7, 11) is 0. The molecule has 1 aromatic heterocycles. The highest BCUT2D eigenvalue weighted by Gasteiger charge is 2.48. The van der Waals surface area contributed by atoms with Crippen LogP contribution in [0.25, 0.3) is 0 Å². The van der Waals surface area contributed by atoms with E-state index in [1.165, 1.54) is 25.7 Å². The normalized spacial score (nSPS) is 26.8. The van der Waals surface area contributed by atoms with Gasteiger partial charge in [0.05, 0.1) is 6.10 Å². The summed E-state index contributed by atoms with van der Waals surface area (Å²) in [5.41, 5.74) is 0.600. The van der Waals surface area contributed by atoms with Crippen LogP contribution in [0, 0.1) is 6.92 Å². The minimum absolute atomic E-state index is 0.00453. The number of nitrogens with zero attached hydrogens (tertiary/aromatic N) is 3. The van der Waals surface area contributed by atoms with Gasteiger partial charge in [-0.3, -0.25) is 9.69 Å². The number of amides is 1. The summed E-state index contributed by atoms with van der Waals surface area (Å²) < 4.78 is 42.6. The minimum atomic E-state index is -5.08. The van der Waals surface area contributed by atoms with Gasteiger partial charge < -0.3 is 19.3 Å². The topological polar surface area (TPSA) is 96.1 Å². The number of aryl methyl sites for hydroxylation is 1. The van der Waals surface area contributed by atoms with Crippen LogP contribution in [0.4, 0.5) is 13.2 Å². The first kappa shape index (κ1) is 22.5. The summed E-state index contributed by atoms with van der Waals surface area (Å²) >= 11 is 0. The van der Waals surface area contributed by atoms with Gasteiger partial charge in [0.2, 0.25) is 0 Å². The number of carboxylic acids is 1. The van der Waals surface area contributed by atoms with E-state index in [1.54, 1.807) is 6.07 Å². The Balaban J connectivity index is 0.000000318. The number of alkyl halides is 3. The molecule has 0 bridgehead atoms. The Hall–Kier alpha value is -2.14. The van der Waals surface area contributed by atoms with Gasteiger partial charge in [-0.05, 0) is 39.0 Å². The molecule has 1 aromatic rings. The van der Waals surface area contributed by atoms with Crippen molar-refractivity contribution in [3.63, 3.8) is 0 Å². The van der Waals surface area contributed by atoms with Crippen LogP contribution in [0.2, 0.25) is 0 Å². The maximum Gasteiger partial charge on any atom is 0.490 e. The van der Waals surface area contributed by atoms with Gasteiger partial charge in [-0.1, -0.05) is 5.16 Å². The predicted molar refractivity (Wildman–Crippen MR) is 98.0 cm³/mol. The number of carbonyl (C=O) groups is 2. The Morgan fingerprint density at radius 1 is 1.30 bits per heavy atom. The first-order valence-electron chi connectivity index (χ1n) is 10.0. The molecule has 30 heavy (non-hydrogen) atoms. The lowest BCUT2D eigenvalue weighted by Crippen LogP contribution is -2.68. The van der Waals surface area contributed by atoms with Crippen LogP contribution in [-0.4, -0.2) is 82.5 Å². The zero-order chi connectivity index (χ0) is 21.9. The van der Waals surface area contributed by atoms with Gasteiger partial charge in [-0.2, -0.15) is 13.2 Å². The Morgan fingerprint density at radius 2 is 2.03 bits per heavy atom. The van der Waals surface area contributed by atoms with Crippen LogP contribution >= 0.6 is 0 Å². The second kappa shape index (κ2) is 8.93. The molecular formula is C19H26F3N3O5. The number of carbonyl (C=O) groups excluding carboxylic acids is 1. The quantitative estimate of drug-likeness (QED) is 0.782. The smallest absolute Gasteiger partial charge is 0.475 e. The molecule has 1 amide bonds. The van der Waals surface area contributed by atoms with Crippen LogP contribution in [0.15, 0.2) is 10.6 Å². The summed E-state index contributed by atoms with van der Waals surface area (Å²) in [6.07, 6.45) is 1.08. The fourth-order valence-electron chi connectivity index (χ4n) is 4.28. The van der Waals surface area contributed by atoms with Gasteiger partial charge in [0.15, 0.2) is 5.69 Å². The van der Waals surface area contributed by atoms with Crippen molar-refractivity contribution in [2.45, 2.75) is 56.8 Å². The second-order valence-corrected chi connectivity index (χ2v) is 8.01. The number of carboxylic acid groups (broad SMARTS) is 1. The molecule has 3 aliphatic rings. The summed E-state index contributed by atoms with van der Waals surface area (Å²) in [4.78, 5) is 26.1. The van der Waals surface area contributed by atoms with Crippen molar-refractivity contribution in [3.8, 4) is 0 Å². The van der Waals surface area contributed by atoms with E-state index in [-0.39, 0.29) is 11.4 Å². The Morgan fingerprint density at radius 3 is 2.53 bits per heavy atom. The molecule has 4 heterocycles. The van der Waals surface area contributed by atoms with E-state index < -0.39 is 12.1 Å². The van der Waals surface area contributed by atoms with Crippen LogP contribution < -0.4 is 0 Å². The number of ether oxygens (including phenoxy) is 1. The number of halogens is 3. The van der Waals surface area contributed by atoms with Crippen molar-refractivity contribution in [2.24, 2.45) is 0 Å². The average molecular weight is 433 g/mol. The monoisotopic (exact) mass is 433 g/mol. The van der Waals surface area contributed by atoms with Crippen molar-refractivity contribution in [2.75, 3.05) is 32.8 Å². The highest BCUT2D eigenvalue weighted by Crippen LogP contribution is 2.39. The van der Waals surface area contributed by atoms with Crippen molar-refractivity contribution in [1.29, 1.82) is 0 Å². The summed E-state index contributed by atoms with van der Waals surface area (Å²) in [5.74, 6) is -2.07. The van der Waals surface area contributed by atoms with Crippen LogP contribution in [-0.2, 0) is 9.53 Å². The molecule has 2 unspecified atom stereocenters. The number of piperidine rings is 1. The summed E-state index contributed by atoms with van der Waals surface area (Å²) in [6, 6.07) is 1.73. The molecule has 3 aliphatic heterocycles. The maximum absolute atomic E-state index is 12.7. The van der Waals surface area contributed by atoms with E-state index in [0.717, 1.165) is 39.2 Å². The van der Waals surface area contributed by atoms with Crippen molar-refractivity contribution >= 4 is 11.9 Å². The third kappa shape index (κ3) is 5.12. The highest BCUT2D eigenvalue weighted by atomic mass is 19.4. The zero-order valence-electron chi connectivity index (χ0n) is 16.8. The molecule has 0 aromatic carbocycles. The van der Waals surface area contributed by atoms with Gasteiger partial charge in [0.1, 0.15) is 5.76 Å². The van der Waals surface area contributed by atoms with E-state index in [4.69, 9.17) is 19.2 Å². The number of hydrogen-bond donors (Lipinski definition) is 1. The number of aromatic nitrogens is 1. The van der Waals surface area contributed by atoms with Gasteiger partial charge in [0.25, 0.3) is 5.91 Å². The first-order valence-corrected chi connectivity index (χ1v) is 10.0. The van der Waals surface area contributed by atoms with Gasteiger partial charge in [-0.25, -0.2) is 4.79 Å². The highest BCUT2D eigenvalue weighted by molar-refractivity contribution is 5.92. The molecule has 4 rings (SSSR count). The van der Waals surface area contributed by atoms with E-state index in [1.807, 2.05) is 11.8 Å². The van der Waals surface area contributed by atoms with Crippen molar-refractivity contribution in [3.05, 3.63) is 17.5 Å². The largest absolute Gasteiger partial charge is 0.490 e. The number of likely N-dealkylation sites (tertiary alicyclic amines) is 2. The standard InChI is InChI=1S/C17H25N3O3.C2HF3O2/c1-13-10-15(18-23-13)16(21)19-7-3-5-17(12-19)6-8-20(17)11-14-4-2-9-22-14;3-2(4,5)1(6)7/h10,14H,2-9,11-12H2,1H3;(H,6,7). The molecule has 0 saturated carbocycles. The SMILES string of the molecule is Cc1cc(C(=O)N2CCCC3(CCN3CC3CCCO3)C2)no1.O=C(O)C(F)(F)F. The fourth-order valence-corrected chi connectivity index (χ4v) is 4.28. The second-order valence-electron chi connectivity index (χ2n) is 8.01. The van der Waals surface area contributed by atoms with Crippen molar-refractivity contribution < 1.29 is 37.1 Å². The average Bonchev–Trinajstić information content (AvgIpc) is 3.36. The molecule has 1 spiro atoms. The molecular weight excluding hydrogens is 407 g/mol. The molecule has 8 nitrogen and oxygen atoms in total. The molecule has 3 saturated heterocycles. The maximum atomic E-state index is 12.7. The van der Waals surface area contributed by atoms with Gasteiger partial charge in [-0.15, -0.1) is 0 Å². The van der Waals surface area contributed by atoms with E-state index >= 15 is 0 Å². The van der Waals surface area contributed by atoms with E-state index in [0.29, 0.717) is 17.6 Å². The number of aliphatic carboxylic acids is 1. The van der Waals surface area contributed by atoms with Crippen LogP contribution in [0.3, 0.4) is 0 Å². The lowest BCUT2D eigenvalue weighted by molar-refractivity contribution is -0.192. The van der Waals surface area contributed by atoms with Crippen LogP contribution in [0.1, 0.15) is 48.4 Å². The summed E-state index contributed by atoms with van der Waals surface area (Å²) in [6.45, 7) is 6.50. The Labute approximate surface area is 171 Å². The molecule has 1 N–H and O–H groups in total. The molecule has 3 fully saturated rings.